The zero-order valence-electron chi connectivity index (χ0n) is 13.9. The molecule has 1 aliphatic rings. The lowest BCUT2D eigenvalue weighted by Crippen LogP contribution is -2.38. The van der Waals surface area contributed by atoms with E-state index in [1.54, 1.807) is 11.1 Å². The molecule has 1 heterocycles. The lowest BCUT2D eigenvalue weighted by Gasteiger charge is -2.19. The van der Waals surface area contributed by atoms with Crippen molar-refractivity contribution in [3.63, 3.8) is 0 Å². The summed E-state index contributed by atoms with van der Waals surface area (Å²) in [5.74, 6) is -0.132. The summed E-state index contributed by atoms with van der Waals surface area (Å²) in [6, 6.07) is 12.6. The second kappa shape index (κ2) is 6.32. The first-order valence-electron chi connectivity index (χ1n) is 8.02. The van der Waals surface area contributed by atoms with Gasteiger partial charge in [-0.2, -0.15) is 0 Å². The van der Waals surface area contributed by atoms with Crippen LogP contribution in [0.4, 0.5) is 5.69 Å². The van der Waals surface area contributed by atoms with Gasteiger partial charge >= 0.3 is 0 Å². The number of nitrogens with one attached hydrogen (secondary N) is 1. The largest absolute Gasteiger partial charge is 0.346 e. The molecular weight excluding hydrogens is 286 g/mol. The van der Waals surface area contributed by atoms with Crippen molar-refractivity contribution in [2.24, 2.45) is 0 Å². The molecule has 2 aromatic rings. The monoisotopic (exact) mass is 309 g/mol. The van der Waals surface area contributed by atoms with Gasteiger partial charge in [0, 0.05) is 30.6 Å². The number of para-hydroxylation sites is 1. The highest BCUT2D eigenvalue weighted by Gasteiger charge is 2.26. The molecule has 0 saturated heterocycles. The molecule has 1 amide bonds. The highest BCUT2D eigenvalue weighted by molar-refractivity contribution is 5.92. The molecule has 0 unspecified atom stereocenters. The normalized spacial score (nSPS) is 14.2. The summed E-state index contributed by atoms with van der Waals surface area (Å²) in [5.41, 5.74) is 7.42. The van der Waals surface area contributed by atoms with E-state index in [2.05, 4.69) is 29.9 Å². The van der Waals surface area contributed by atoms with Crippen molar-refractivity contribution < 1.29 is 4.79 Å². The van der Waals surface area contributed by atoms with Crippen molar-refractivity contribution in [1.29, 1.82) is 0 Å². The Morgan fingerprint density at radius 3 is 2.61 bits per heavy atom. The zero-order valence-corrected chi connectivity index (χ0v) is 13.9. The molecule has 4 heteroatoms. The number of carbonyl (C=O) groups is 1. The minimum absolute atomic E-state index is 0.132. The van der Waals surface area contributed by atoms with Crippen LogP contribution in [0.15, 0.2) is 42.5 Å². The summed E-state index contributed by atoms with van der Waals surface area (Å²) in [7, 11) is 1.83. The molecule has 0 spiro atoms. The number of carbonyl (C=O) groups excluding carboxylic acids is 1. The van der Waals surface area contributed by atoms with Crippen molar-refractivity contribution in [2.45, 2.75) is 32.7 Å². The second-order valence-electron chi connectivity index (χ2n) is 6.13. The molecule has 1 aromatic carbocycles. The molecule has 1 fully saturated rings. The van der Waals surface area contributed by atoms with Crippen LogP contribution in [0.3, 0.4) is 0 Å². The van der Waals surface area contributed by atoms with Crippen LogP contribution in [0.1, 0.15) is 35.8 Å². The van der Waals surface area contributed by atoms with Gasteiger partial charge in [-0.15, -0.1) is 0 Å². The van der Waals surface area contributed by atoms with Crippen molar-refractivity contribution in [2.75, 3.05) is 12.1 Å². The topological polar surface area (TPSA) is 37.3 Å². The van der Waals surface area contributed by atoms with E-state index in [1.165, 1.54) is 24.2 Å². The molecule has 120 valence electrons. The van der Waals surface area contributed by atoms with Gasteiger partial charge in [0.25, 0.3) is 5.91 Å². The van der Waals surface area contributed by atoms with Crippen LogP contribution in [0, 0.1) is 13.8 Å². The quantitative estimate of drug-likeness (QED) is 0.676. The van der Waals surface area contributed by atoms with Gasteiger partial charge in [0.05, 0.1) is 5.69 Å². The van der Waals surface area contributed by atoms with Gasteiger partial charge in [0.15, 0.2) is 0 Å². The average molecular weight is 309 g/mol. The van der Waals surface area contributed by atoms with Crippen LogP contribution in [0.2, 0.25) is 0 Å². The maximum absolute atomic E-state index is 12.1. The van der Waals surface area contributed by atoms with Gasteiger partial charge in [-0.05, 0) is 56.5 Å². The minimum atomic E-state index is -0.132. The first-order chi connectivity index (χ1) is 11.1. The molecule has 0 bridgehead atoms. The Balaban J connectivity index is 1.66. The molecule has 1 aromatic heterocycles. The predicted octanol–water partition coefficient (Wildman–Crippen LogP) is 3.62. The van der Waals surface area contributed by atoms with E-state index in [9.17, 15) is 4.79 Å². The number of amides is 1. The van der Waals surface area contributed by atoms with E-state index in [-0.39, 0.29) is 5.91 Å². The fraction of sp³-hybridized carbons (Fsp3) is 0.316. The smallest absolute Gasteiger partial charge is 0.262 e. The molecule has 1 aliphatic carbocycles. The Morgan fingerprint density at radius 2 is 1.96 bits per heavy atom. The van der Waals surface area contributed by atoms with Gasteiger partial charge in [0.2, 0.25) is 0 Å². The van der Waals surface area contributed by atoms with Crippen LogP contribution in [0.5, 0.6) is 0 Å². The van der Waals surface area contributed by atoms with E-state index >= 15 is 0 Å². The summed E-state index contributed by atoms with van der Waals surface area (Å²) in [5, 5.41) is 1.72. The Labute approximate surface area is 137 Å². The van der Waals surface area contributed by atoms with Gasteiger partial charge < -0.3 is 4.57 Å². The number of rotatable bonds is 5. The van der Waals surface area contributed by atoms with Gasteiger partial charge in [-0.25, -0.2) is 0 Å². The van der Waals surface area contributed by atoms with E-state index in [4.69, 9.17) is 0 Å². The Hall–Kier alpha value is -2.49. The summed E-state index contributed by atoms with van der Waals surface area (Å²) < 4.78 is 2.38. The van der Waals surface area contributed by atoms with Crippen LogP contribution in [-0.2, 0) is 4.79 Å². The fourth-order valence-electron chi connectivity index (χ4n) is 2.95. The van der Waals surface area contributed by atoms with Crippen molar-refractivity contribution >= 4 is 17.7 Å². The average Bonchev–Trinajstić information content (AvgIpc) is 3.32. The number of anilines is 1. The van der Waals surface area contributed by atoms with Crippen LogP contribution in [0.25, 0.3) is 6.08 Å². The number of hydrogen-bond donors (Lipinski definition) is 1. The van der Waals surface area contributed by atoms with Gasteiger partial charge in [-0.3, -0.25) is 15.2 Å². The lowest BCUT2D eigenvalue weighted by molar-refractivity contribution is -0.116. The van der Waals surface area contributed by atoms with Crippen LogP contribution >= 0.6 is 0 Å². The molecule has 4 nitrogen and oxygen atoms in total. The number of nitrogens with zero attached hydrogens (tertiary/aromatic N) is 2. The first kappa shape index (κ1) is 15.4. The van der Waals surface area contributed by atoms with Crippen molar-refractivity contribution in [3.05, 3.63) is 59.4 Å². The highest BCUT2D eigenvalue weighted by Crippen LogP contribution is 2.38. The Kier molecular flexibility index (Phi) is 4.24. The molecule has 3 rings (SSSR count). The van der Waals surface area contributed by atoms with E-state index in [0.29, 0.717) is 6.04 Å². The zero-order chi connectivity index (χ0) is 16.4. The number of benzene rings is 1. The molecule has 1 saturated carbocycles. The van der Waals surface area contributed by atoms with E-state index in [1.807, 2.05) is 43.5 Å². The van der Waals surface area contributed by atoms with Gasteiger partial charge in [-0.1, -0.05) is 18.2 Å². The summed E-state index contributed by atoms with van der Waals surface area (Å²) >= 11 is 0. The summed E-state index contributed by atoms with van der Waals surface area (Å²) in [4.78, 5) is 12.1. The molecular formula is C19H23N3O. The Bertz CT molecular complexity index is 727. The maximum Gasteiger partial charge on any atom is 0.262 e. The highest BCUT2D eigenvalue weighted by atomic mass is 16.2. The van der Waals surface area contributed by atoms with E-state index in [0.717, 1.165) is 11.3 Å². The SMILES string of the molecule is Cc1cc(/C=C/C(=O)NN(C)c2ccccc2)c(C)n1C1CC1. The molecule has 0 aliphatic heterocycles. The summed E-state index contributed by atoms with van der Waals surface area (Å²) in [6.07, 6.45) is 6.03. The van der Waals surface area contributed by atoms with Crippen LogP contribution < -0.4 is 10.4 Å². The molecule has 1 N–H and O–H groups in total. The third kappa shape index (κ3) is 3.47. The van der Waals surface area contributed by atoms with Crippen LogP contribution in [-0.4, -0.2) is 17.5 Å². The maximum atomic E-state index is 12.1. The lowest BCUT2D eigenvalue weighted by atomic mass is 10.2. The molecule has 0 radical (unpaired) electrons. The number of aromatic nitrogens is 1. The first-order valence-corrected chi connectivity index (χ1v) is 8.02. The standard InChI is InChI=1S/C19H23N3O/c1-14-13-16(15(2)22(14)18-10-11-18)9-12-19(23)20-21(3)17-7-5-4-6-8-17/h4-9,12-13,18H,10-11H2,1-3H3,(H,20,23)/b12-9+. The van der Waals surface area contributed by atoms with E-state index < -0.39 is 0 Å². The number of aryl methyl sites for hydroxylation is 1. The second-order valence-corrected chi connectivity index (χ2v) is 6.13. The Morgan fingerprint density at radius 1 is 1.26 bits per heavy atom. The summed E-state index contributed by atoms with van der Waals surface area (Å²) in [6.45, 7) is 4.25. The predicted molar refractivity (Wildman–Crippen MR) is 94.2 cm³/mol. The fourth-order valence-corrected chi connectivity index (χ4v) is 2.95. The number of hydrogen-bond acceptors (Lipinski definition) is 2. The third-order valence-corrected chi connectivity index (χ3v) is 4.27. The number of hydrazine groups is 1. The molecule has 23 heavy (non-hydrogen) atoms. The third-order valence-electron chi connectivity index (χ3n) is 4.27. The van der Waals surface area contributed by atoms with Gasteiger partial charge in [0.1, 0.15) is 0 Å². The van der Waals surface area contributed by atoms with Crippen molar-refractivity contribution in [3.8, 4) is 0 Å². The molecule has 0 atom stereocenters. The minimum Gasteiger partial charge on any atom is -0.346 e. The van der Waals surface area contributed by atoms with Crippen molar-refractivity contribution in [1.82, 2.24) is 9.99 Å².